The third kappa shape index (κ3) is 8.69. The van der Waals surface area contributed by atoms with Crippen LogP contribution in [0.3, 0.4) is 0 Å². The number of anilines is 1. The molecule has 11 nitrogen and oxygen atoms in total. The number of carboxylic acid groups (broad SMARTS) is 1. The molecule has 12 heteroatoms. The molecule has 0 radical (unpaired) electrons. The maximum Gasteiger partial charge on any atom is 0.308 e. The molecule has 0 saturated carbocycles. The third-order valence-electron chi connectivity index (χ3n) is 7.92. The van der Waals surface area contributed by atoms with Crippen molar-refractivity contribution in [2.75, 3.05) is 65.3 Å². The number of hydrogen-bond acceptors (Lipinski definition) is 7. The van der Waals surface area contributed by atoms with Crippen molar-refractivity contribution < 1.29 is 37.1 Å². The zero-order valence-electron chi connectivity index (χ0n) is 25.8. The quantitative estimate of drug-likeness (QED) is 0.310. The van der Waals surface area contributed by atoms with Gasteiger partial charge in [-0.2, -0.15) is 0 Å². The lowest BCUT2D eigenvalue weighted by atomic mass is 9.84. The zero-order valence-corrected chi connectivity index (χ0v) is 26.6. The number of rotatable bonds is 14. The molecule has 2 aromatic carbocycles. The summed E-state index contributed by atoms with van der Waals surface area (Å²) in [7, 11) is 2.89. The molecule has 3 atom stereocenters. The Morgan fingerprint density at radius 3 is 2.53 bits per heavy atom. The molecule has 3 unspecified atom stereocenters. The summed E-state index contributed by atoms with van der Waals surface area (Å²) < 4.78 is 37.8. The Kier molecular flexibility index (Phi) is 10.4. The van der Waals surface area contributed by atoms with Crippen molar-refractivity contribution in [1.82, 2.24) is 9.62 Å². The number of likely N-dealkylation sites (tertiary alicyclic amines) is 1. The number of nitrogens with zero attached hydrogens (tertiary/aromatic N) is 3. The molecule has 1 amide bonds. The van der Waals surface area contributed by atoms with E-state index in [9.17, 15) is 23.1 Å². The van der Waals surface area contributed by atoms with Crippen LogP contribution in [0.25, 0.3) is 0 Å². The van der Waals surface area contributed by atoms with E-state index in [1.54, 1.807) is 11.0 Å². The highest BCUT2D eigenvalue weighted by molar-refractivity contribution is 7.88. The van der Waals surface area contributed by atoms with Gasteiger partial charge in [-0.3, -0.25) is 14.5 Å². The molecule has 2 N–H and O–H groups in total. The van der Waals surface area contributed by atoms with E-state index in [0.717, 1.165) is 46.9 Å². The third-order valence-corrected chi connectivity index (χ3v) is 8.64. The average Bonchev–Trinajstić information content (AvgIpc) is 3.52. The van der Waals surface area contributed by atoms with E-state index >= 15 is 0 Å². The van der Waals surface area contributed by atoms with Gasteiger partial charge in [-0.1, -0.05) is 31.5 Å². The average molecular weight is 618 g/mol. The summed E-state index contributed by atoms with van der Waals surface area (Å²) >= 11 is 0. The SMILES string of the molecule is CCCCN(C(=O)CN1CC(c2ccc3c(c2)OCO3)C(C(=O)O)C1CCNS(C)(=O)=O)c1cccc(C[N+](C)(C)C)c1. The minimum atomic E-state index is -3.47. The number of benzene rings is 2. The van der Waals surface area contributed by atoms with Crippen LogP contribution in [-0.4, -0.2) is 101 Å². The standard InChI is InChI=1S/C31H44N4O7S/c1-6-7-15-34(24-10-8-9-22(16-24)20-35(2,3)4)29(36)19-33-18-25(23-11-12-27-28(17-23)42-21-41-27)30(31(37)38)26(33)13-14-32-43(5,39)40/h8-12,16-17,25-26,30,32H,6-7,13-15,18-21H2,1-5H3/p+1. The predicted octanol–water partition coefficient (Wildman–Crippen LogP) is 2.86. The van der Waals surface area contributed by atoms with Gasteiger partial charge >= 0.3 is 5.97 Å². The van der Waals surface area contributed by atoms with Crippen molar-refractivity contribution in [2.45, 2.75) is 44.7 Å². The van der Waals surface area contributed by atoms with Gasteiger partial charge in [-0.25, -0.2) is 13.1 Å². The highest BCUT2D eigenvalue weighted by Crippen LogP contribution is 2.42. The molecule has 0 bridgehead atoms. The maximum atomic E-state index is 14.0. The Balaban J connectivity index is 1.63. The van der Waals surface area contributed by atoms with Crippen LogP contribution in [0.1, 0.15) is 43.2 Å². The van der Waals surface area contributed by atoms with Crippen molar-refractivity contribution >= 4 is 27.6 Å². The molecule has 43 heavy (non-hydrogen) atoms. The highest BCUT2D eigenvalue weighted by Gasteiger charge is 2.47. The number of quaternary nitrogens is 1. The Labute approximate surface area is 255 Å². The van der Waals surface area contributed by atoms with E-state index in [-0.39, 0.29) is 32.2 Å². The van der Waals surface area contributed by atoms with Crippen LogP contribution in [0.15, 0.2) is 42.5 Å². The molecule has 0 aromatic heterocycles. The van der Waals surface area contributed by atoms with Crippen LogP contribution in [-0.2, 0) is 26.2 Å². The van der Waals surface area contributed by atoms with Gasteiger partial charge in [0.15, 0.2) is 11.5 Å². The summed E-state index contributed by atoms with van der Waals surface area (Å²) in [5, 5.41) is 10.4. The van der Waals surface area contributed by atoms with Crippen LogP contribution in [0.5, 0.6) is 11.5 Å². The number of carbonyl (C=O) groups excluding carboxylic acids is 1. The summed E-state index contributed by atoms with van der Waals surface area (Å²) in [6.07, 6.45) is 3.06. The van der Waals surface area contributed by atoms with Crippen molar-refractivity contribution in [3.63, 3.8) is 0 Å². The second kappa shape index (κ2) is 13.6. The lowest BCUT2D eigenvalue weighted by Crippen LogP contribution is -2.45. The van der Waals surface area contributed by atoms with Crippen LogP contribution in [0.2, 0.25) is 0 Å². The van der Waals surface area contributed by atoms with E-state index in [4.69, 9.17) is 9.47 Å². The lowest BCUT2D eigenvalue weighted by Gasteiger charge is -2.30. The Bertz CT molecular complexity index is 1410. The van der Waals surface area contributed by atoms with Gasteiger partial charge in [0.2, 0.25) is 22.7 Å². The van der Waals surface area contributed by atoms with Gasteiger partial charge in [0.25, 0.3) is 0 Å². The second-order valence-corrected chi connectivity index (χ2v) is 14.4. The molecule has 0 aliphatic carbocycles. The highest BCUT2D eigenvalue weighted by atomic mass is 32.2. The van der Waals surface area contributed by atoms with Gasteiger partial charge < -0.3 is 24.0 Å². The fraction of sp³-hybridized carbons (Fsp3) is 0.548. The number of ether oxygens (including phenoxy) is 2. The number of aliphatic carboxylic acids is 1. The normalized spacial score (nSPS) is 20.3. The first-order chi connectivity index (χ1) is 20.3. The number of hydrogen-bond donors (Lipinski definition) is 2. The summed E-state index contributed by atoms with van der Waals surface area (Å²) in [4.78, 5) is 30.5. The number of sulfonamides is 1. The van der Waals surface area contributed by atoms with Crippen LogP contribution in [0.4, 0.5) is 5.69 Å². The molecule has 236 valence electrons. The van der Waals surface area contributed by atoms with E-state index in [1.807, 2.05) is 29.2 Å². The number of carboxylic acids is 1. The molecule has 2 heterocycles. The summed E-state index contributed by atoms with van der Waals surface area (Å²) in [5.74, 6) is -1.23. The van der Waals surface area contributed by atoms with E-state index in [1.165, 1.54) is 0 Å². The number of amides is 1. The van der Waals surface area contributed by atoms with Crippen molar-refractivity contribution in [3.05, 3.63) is 53.6 Å². The van der Waals surface area contributed by atoms with Gasteiger partial charge in [0.05, 0.1) is 39.9 Å². The van der Waals surface area contributed by atoms with Crippen LogP contribution >= 0.6 is 0 Å². The number of fused-ring (bicyclic) bond motifs is 1. The molecule has 1 fully saturated rings. The fourth-order valence-electron chi connectivity index (χ4n) is 6.07. The molecule has 4 rings (SSSR count). The first-order valence-corrected chi connectivity index (χ1v) is 16.7. The Hall–Kier alpha value is -3.19. The molecule has 2 aromatic rings. The van der Waals surface area contributed by atoms with E-state index < -0.39 is 33.9 Å². The van der Waals surface area contributed by atoms with Gasteiger partial charge in [0.1, 0.15) is 6.54 Å². The molecular formula is C31H45N4O7S+. The van der Waals surface area contributed by atoms with E-state index in [0.29, 0.717) is 24.6 Å². The minimum Gasteiger partial charge on any atom is -0.481 e. The van der Waals surface area contributed by atoms with Crippen molar-refractivity contribution in [2.24, 2.45) is 5.92 Å². The first kappa shape index (κ1) is 32.7. The molecule has 1 saturated heterocycles. The topological polar surface area (TPSA) is 125 Å². The molecule has 2 aliphatic rings. The number of unbranched alkanes of at least 4 members (excludes halogenated alkanes) is 1. The minimum absolute atomic E-state index is 0.0116. The molecule has 0 spiro atoms. The maximum absolute atomic E-state index is 14.0. The van der Waals surface area contributed by atoms with Crippen LogP contribution < -0.4 is 19.1 Å². The monoisotopic (exact) mass is 617 g/mol. The Morgan fingerprint density at radius 1 is 1.12 bits per heavy atom. The summed E-state index contributed by atoms with van der Waals surface area (Å²) in [5.41, 5.74) is 2.73. The molecular weight excluding hydrogens is 572 g/mol. The predicted molar refractivity (Wildman–Crippen MR) is 165 cm³/mol. The Morgan fingerprint density at radius 2 is 1.86 bits per heavy atom. The zero-order chi connectivity index (χ0) is 31.4. The van der Waals surface area contributed by atoms with E-state index in [2.05, 4.69) is 44.9 Å². The first-order valence-electron chi connectivity index (χ1n) is 14.8. The number of carbonyl (C=O) groups is 2. The van der Waals surface area contributed by atoms with Crippen molar-refractivity contribution in [1.29, 1.82) is 0 Å². The number of nitrogens with one attached hydrogen (secondary N) is 1. The van der Waals surface area contributed by atoms with Crippen molar-refractivity contribution in [3.8, 4) is 11.5 Å². The lowest BCUT2D eigenvalue weighted by molar-refractivity contribution is -0.884. The molecule has 2 aliphatic heterocycles. The summed E-state index contributed by atoms with van der Waals surface area (Å²) in [6, 6.07) is 12.9. The fourth-order valence-corrected chi connectivity index (χ4v) is 6.56. The van der Waals surface area contributed by atoms with Gasteiger partial charge in [-0.15, -0.1) is 0 Å². The van der Waals surface area contributed by atoms with Gasteiger partial charge in [-0.05, 0) is 42.7 Å². The summed E-state index contributed by atoms with van der Waals surface area (Å²) in [6.45, 7) is 3.95. The van der Waals surface area contributed by atoms with Crippen LogP contribution in [0, 0.1) is 5.92 Å². The largest absolute Gasteiger partial charge is 0.481 e. The smallest absolute Gasteiger partial charge is 0.308 e. The van der Waals surface area contributed by atoms with Gasteiger partial charge in [0, 0.05) is 42.8 Å². The second-order valence-electron chi connectivity index (χ2n) is 12.6.